The Morgan fingerprint density at radius 2 is 2.06 bits per heavy atom. The molecular formula is C15H19Br. The van der Waals surface area contributed by atoms with Crippen molar-refractivity contribution in [3.63, 3.8) is 0 Å². The van der Waals surface area contributed by atoms with E-state index in [2.05, 4.69) is 47.1 Å². The van der Waals surface area contributed by atoms with Crippen molar-refractivity contribution < 1.29 is 0 Å². The van der Waals surface area contributed by atoms with Crippen LogP contribution in [0.3, 0.4) is 0 Å². The molecule has 16 heavy (non-hydrogen) atoms. The fraction of sp³-hybridized carbons (Fsp3) is 0.467. The summed E-state index contributed by atoms with van der Waals surface area (Å²) >= 11 is 3.63. The second-order valence-electron chi connectivity index (χ2n) is 4.51. The van der Waals surface area contributed by atoms with Crippen molar-refractivity contribution in [1.29, 1.82) is 0 Å². The lowest BCUT2D eigenvalue weighted by atomic mass is 10.0. The highest BCUT2D eigenvalue weighted by molar-refractivity contribution is 9.10. The summed E-state index contributed by atoms with van der Waals surface area (Å²) in [6.45, 7) is 2.27. The number of hydrogen-bond donors (Lipinski definition) is 0. The van der Waals surface area contributed by atoms with Crippen molar-refractivity contribution in [2.24, 2.45) is 0 Å². The molecule has 1 heteroatoms. The quantitative estimate of drug-likeness (QED) is 0.636. The van der Waals surface area contributed by atoms with Gasteiger partial charge in [0.25, 0.3) is 0 Å². The van der Waals surface area contributed by atoms with E-state index in [0.717, 1.165) is 6.42 Å². The molecule has 0 fully saturated rings. The van der Waals surface area contributed by atoms with Crippen molar-refractivity contribution in [3.8, 4) is 0 Å². The highest BCUT2D eigenvalue weighted by Gasteiger charge is 2.15. The first-order valence-electron chi connectivity index (χ1n) is 6.29. The Hall–Kier alpha value is -0.560. The third-order valence-corrected chi connectivity index (χ3v) is 4.06. The summed E-state index contributed by atoms with van der Waals surface area (Å²) in [7, 11) is 0. The molecule has 0 unspecified atom stereocenters. The van der Waals surface area contributed by atoms with Gasteiger partial charge in [-0.15, -0.1) is 0 Å². The second kappa shape index (κ2) is 5.67. The molecule has 0 nitrogen and oxygen atoms in total. The van der Waals surface area contributed by atoms with Gasteiger partial charge in [0.1, 0.15) is 0 Å². The molecule has 86 valence electrons. The average Bonchev–Trinajstić information content (AvgIpc) is 2.70. The summed E-state index contributed by atoms with van der Waals surface area (Å²) in [6, 6.07) is 6.56. The first-order valence-corrected chi connectivity index (χ1v) is 7.09. The molecule has 1 aromatic rings. The fourth-order valence-electron chi connectivity index (χ4n) is 2.38. The van der Waals surface area contributed by atoms with Crippen molar-refractivity contribution >= 4 is 21.5 Å². The molecule has 0 amide bonds. The van der Waals surface area contributed by atoms with Crippen LogP contribution in [0.25, 0.3) is 5.57 Å². The monoisotopic (exact) mass is 278 g/mol. The number of benzene rings is 1. The normalized spacial score (nSPS) is 13.8. The van der Waals surface area contributed by atoms with E-state index in [1.165, 1.54) is 47.7 Å². The Bertz CT molecular complexity index is 390. The van der Waals surface area contributed by atoms with Gasteiger partial charge in [0, 0.05) is 4.47 Å². The zero-order valence-corrected chi connectivity index (χ0v) is 11.5. The molecule has 0 spiro atoms. The molecular weight excluding hydrogens is 260 g/mol. The van der Waals surface area contributed by atoms with Crippen LogP contribution < -0.4 is 0 Å². The lowest BCUT2D eigenvalue weighted by Crippen LogP contribution is -1.86. The third kappa shape index (κ3) is 2.57. The Kier molecular flexibility index (Phi) is 4.22. The largest absolute Gasteiger partial charge is 0.0762 e. The Morgan fingerprint density at radius 3 is 2.88 bits per heavy atom. The van der Waals surface area contributed by atoms with Gasteiger partial charge in [-0.25, -0.2) is 0 Å². The molecule has 2 rings (SSSR count). The number of fused-ring (bicyclic) bond motifs is 1. The maximum Gasteiger partial charge on any atom is 0.0216 e. The van der Waals surface area contributed by atoms with E-state index < -0.39 is 0 Å². The predicted molar refractivity (Wildman–Crippen MR) is 74.6 cm³/mol. The SMILES string of the molecule is CCCCCCC1=CCc2c(Br)cccc21. The first-order chi connectivity index (χ1) is 7.83. The highest BCUT2D eigenvalue weighted by atomic mass is 79.9. The van der Waals surface area contributed by atoms with Gasteiger partial charge in [-0.2, -0.15) is 0 Å². The molecule has 0 bridgehead atoms. The summed E-state index contributed by atoms with van der Waals surface area (Å²) in [5, 5.41) is 0. The van der Waals surface area contributed by atoms with Gasteiger partial charge >= 0.3 is 0 Å². The smallest absolute Gasteiger partial charge is 0.0216 e. The minimum absolute atomic E-state index is 1.11. The van der Waals surface area contributed by atoms with Crippen LogP contribution in [0.1, 0.15) is 50.2 Å². The van der Waals surface area contributed by atoms with E-state index in [1.54, 1.807) is 5.57 Å². The van der Waals surface area contributed by atoms with Crippen molar-refractivity contribution in [3.05, 3.63) is 39.9 Å². The molecule has 0 aromatic heterocycles. The molecule has 0 heterocycles. The summed E-state index contributed by atoms with van der Waals surface area (Å²) in [5.74, 6) is 0. The van der Waals surface area contributed by atoms with E-state index in [0.29, 0.717) is 0 Å². The predicted octanol–water partition coefficient (Wildman–Crippen LogP) is 5.36. The number of rotatable bonds is 5. The Labute approximate surface area is 107 Å². The summed E-state index contributed by atoms with van der Waals surface area (Å²) in [4.78, 5) is 0. The number of allylic oxidation sites excluding steroid dienone is 2. The van der Waals surface area contributed by atoms with Gasteiger partial charge in [-0.3, -0.25) is 0 Å². The zero-order valence-electron chi connectivity index (χ0n) is 9.93. The van der Waals surface area contributed by atoms with Crippen LogP contribution in [-0.4, -0.2) is 0 Å². The van der Waals surface area contributed by atoms with Gasteiger partial charge in [0.05, 0.1) is 0 Å². The van der Waals surface area contributed by atoms with E-state index in [4.69, 9.17) is 0 Å². The van der Waals surface area contributed by atoms with Crippen LogP contribution in [0.15, 0.2) is 28.7 Å². The standard InChI is InChI=1S/C15H19Br/c1-2-3-4-5-7-12-10-11-14-13(12)8-6-9-15(14)16/h6,8-10H,2-5,7,11H2,1H3. The second-order valence-corrected chi connectivity index (χ2v) is 5.36. The van der Waals surface area contributed by atoms with Crippen molar-refractivity contribution in [2.45, 2.75) is 45.4 Å². The van der Waals surface area contributed by atoms with Crippen LogP contribution in [0, 0.1) is 0 Å². The summed E-state index contributed by atoms with van der Waals surface area (Å²) in [6.07, 6.45) is 10.2. The van der Waals surface area contributed by atoms with Gasteiger partial charge in [0.15, 0.2) is 0 Å². The lowest BCUT2D eigenvalue weighted by molar-refractivity contribution is 0.679. The van der Waals surface area contributed by atoms with Crippen LogP contribution in [0.5, 0.6) is 0 Å². The minimum atomic E-state index is 1.11. The lowest BCUT2D eigenvalue weighted by Gasteiger charge is -2.06. The van der Waals surface area contributed by atoms with Crippen molar-refractivity contribution in [1.82, 2.24) is 0 Å². The number of unbranched alkanes of at least 4 members (excludes halogenated alkanes) is 3. The fourth-order valence-corrected chi connectivity index (χ4v) is 2.91. The molecule has 0 N–H and O–H groups in total. The minimum Gasteiger partial charge on any atom is -0.0762 e. The van der Waals surface area contributed by atoms with E-state index in [9.17, 15) is 0 Å². The molecule has 1 aliphatic rings. The molecule has 0 aliphatic heterocycles. The van der Waals surface area contributed by atoms with Crippen molar-refractivity contribution in [2.75, 3.05) is 0 Å². The van der Waals surface area contributed by atoms with E-state index in [1.807, 2.05) is 0 Å². The molecule has 1 aliphatic carbocycles. The highest BCUT2D eigenvalue weighted by Crippen LogP contribution is 2.35. The molecule has 0 radical (unpaired) electrons. The van der Waals surface area contributed by atoms with Crippen LogP contribution >= 0.6 is 15.9 Å². The maximum absolute atomic E-state index is 3.63. The molecule has 0 saturated carbocycles. The summed E-state index contributed by atoms with van der Waals surface area (Å²) in [5.41, 5.74) is 4.52. The van der Waals surface area contributed by atoms with Gasteiger partial charge in [-0.05, 0) is 42.0 Å². The maximum atomic E-state index is 3.63. The van der Waals surface area contributed by atoms with Gasteiger partial charge in [0.2, 0.25) is 0 Å². The Balaban J connectivity index is 1.97. The van der Waals surface area contributed by atoms with Gasteiger partial charge < -0.3 is 0 Å². The molecule has 0 saturated heterocycles. The molecule has 0 atom stereocenters. The first kappa shape index (κ1) is 11.9. The number of halogens is 1. The van der Waals surface area contributed by atoms with Crippen LogP contribution in [0.4, 0.5) is 0 Å². The van der Waals surface area contributed by atoms with Gasteiger partial charge in [-0.1, -0.05) is 60.3 Å². The zero-order chi connectivity index (χ0) is 11.4. The number of hydrogen-bond acceptors (Lipinski definition) is 0. The van der Waals surface area contributed by atoms with E-state index in [-0.39, 0.29) is 0 Å². The average molecular weight is 279 g/mol. The third-order valence-electron chi connectivity index (χ3n) is 3.32. The van der Waals surface area contributed by atoms with E-state index >= 15 is 0 Å². The summed E-state index contributed by atoms with van der Waals surface area (Å²) < 4.78 is 1.27. The molecule has 1 aromatic carbocycles. The topological polar surface area (TPSA) is 0 Å². The van der Waals surface area contributed by atoms with Crippen LogP contribution in [0.2, 0.25) is 0 Å². The Morgan fingerprint density at radius 1 is 1.19 bits per heavy atom. The van der Waals surface area contributed by atoms with Crippen LogP contribution in [-0.2, 0) is 6.42 Å².